The van der Waals surface area contributed by atoms with Gasteiger partial charge in [0.15, 0.2) is 0 Å². The molecule has 29 heavy (non-hydrogen) atoms. The molecule has 2 amide bonds. The summed E-state index contributed by atoms with van der Waals surface area (Å²) >= 11 is 0. The molecule has 1 N–H and O–H groups in total. The first-order valence-corrected chi connectivity index (χ1v) is 9.41. The maximum atomic E-state index is 13.3. The lowest BCUT2D eigenvalue weighted by Crippen LogP contribution is -2.63. The van der Waals surface area contributed by atoms with Gasteiger partial charge in [-0.1, -0.05) is 32.0 Å². The number of carbonyl (C=O) groups is 1. The number of para-hydroxylation sites is 1. The number of hydrogen-bond acceptors (Lipinski definition) is 4. The van der Waals surface area contributed by atoms with Crippen LogP contribution in [0.25, 0.3) is 0 Å². The molecule has 0 atom stereocenters. The van der Waals surface area contributed by atoms with E-state index in [4.69, 9.17) is 4.74 Å². The summed E-state index contributed by atoms with van der Waals surface area (Å²) in [4.78, 5) is 19.0. The van der Waals surface area contributed by atoms with E-state index in [1.54, 1.807) is 17.9 Å². The molecule has 1 aliphatic rings. The molecule has 1 saturated heterocycles. The van der Waals surface area contributed by atoms with Gasteiger partial charge in [0.25, 0.3) is 0 Å². The van der Waals surface area contributed by atoms with Crippen LogP contribution in [0.1, 0.15) is 37.9 Å². The Kier molecular flexibility index (Phi) is 6.02. The molecule has 156 valence electrons. The van der Waals surface area contributed by atoms with Crippen LogP contribution in [0.2, 0.25) is 0 Å². The van der Waals surface area contributed by atoms with Crippen molar-refractivity contribution in [1.82, 2.24) is 4.98 Å². The predicted octanol–water partition coefficient (Wildman–Crippen LogP) is 4.94. The fourth-order valence-corrected chi connectivity index (χ4v) is 3.32. The lowest BCUT2D eigenvalue weighted by atomic mass is 9.93. The van der Waals surface area contributed by atoms with E-state index in [1.807, 2.05) is 45.0 Å². The maximum Gasteiger partial charge on any atom is 0.388 e. The number of aromatic nitrogens is 1. The Balaban J connectivity index is 1.98. The first kappa shape index (κ1) is 21.0. The molecule has 1 fully saturated rings. The Morgan fingerprint density at radius 3 is 2.52 bits per heavy atom. The highest BCUT2D eigenvalue weighted by atomic mass is 19.3. The zero-order valence-electron chi connectivity index (χ0n) is 16.9. The van der Waals surface area contributed by atoms with Crippen LogP contribution in [0.4, 0.5) is 25.0 Å². The molecule has 3 rings (SSSR count). The van der Waals surface area contributed by atoms with Gasteiger partial charge in [-0.3, -0.25) is 4.90 Å². The van der Waals surface area contributed by atoms with Crippen LogP contribution in [0, 0.1) is 6.92 Å². The molecule has 0 bridgehead atoms. The molecule has 2 aromatic rings. The molecule has 0 saturated carbocycles. The summed E-state index contributed by atoms with van der Waals surface area (Å²) in [7, 11) is 0. The van der Waals surface area contributed by atoms with Crippen molar-refractivity contribution in [1.29, 1.82) is 0 Å². The fourth-order valence-electron chi connectivity index (χ4n) is 3.32. The predicted molar refractivity (Wildman–Crippen MR) is 107 cm³/mol. The number of amides is 2. The number of carbonyl (C=O) groups excluding carboxylic acids is 1. The van der Waals surface area contributed by atoms with Crippen molar-refractivity contribution in [3.8, 4) is 5.88 Å². The maximum absolute atomic E-state index is 13.3. The summed E-state index contributed by atoms with van der Waals surface area (Å²) in [6, 6.07) is 10.3. The second-order valence-electron chi connectivity index (χ2n) is 7.65. The smallest absolute Gasteiger partial charge is 0.388 e. The van der Waals surface area contributed by atoms with Crippen LogP contribution < -0.4 is 15.0 Å². The van der Waals surface area contributed by atoms with E-state index in [9.17, 15) is 13.6 Å². The Bertz CT molecular complexity index is 885. The van der Waals surface area contributed by atoms with Crippen LogP contribution in [-0.4, -0.2) is 36.4 Å². The summed E-state index contributed by atoms with van der Waals surface area (Å²) in [6.45, 7) is 5.38. The molecule has 6 nitrogen and oxygen atoms in total. The van der Waals surface area contributed by atoms with Gasteiger partial charge in [0, 0.05) is 11.4 Å². The van der Waals surface area contributed by atoms with Gasteiger partial charge in [-0.2, -0.15) is 8.78 Å². The number of alkyl halides is 2. The molecule has 8 heteroatoms. The summed E-state index contributed by atoms with van der Waals surface area (Å²) in [5, 5.41) is 2.69. The number of benzene rings is 1. The van der Waals surface area contributed by atoms with Gasteiger partial charge in [-0.25, -0.2) is 9.78 Å². The molecular weight excluding hydrogens is 380 g/mol. The zero-order chi connectivity index (χ0) is 21.2. The second-order valence-corrected chi connectivity index (χ2v) is 7.65. The van der Waals surface area contributed by atoms with E-state index in [-0.39, 0.29) is 17.5 Å². The van der Waals surface area contributed by atoms with Crippen molar-refractivity contribution in [2.24, 2.45) is 0 Å². The number of halogens is 2. The van der Waals surface area contributed by atoms with Gasteiger partial charge >= 0.3 is 12.6 Å². The van der Waals surface area contributed by atoms with Crippen LogP contribution in [0.15, 0.2) is 36.4 Å². The van der Waals surface area contributed by atoms with E-state index >= 15 is 0 Å². The normalized spacial score (nSPS) is 15.2. The largest absolute Gasteiger partial charge is 0.415 e. The monoisotopic (exact) mass is 405 g/mol. The van der Waals surface area contributed by atoms with Gasteiger partial charge in [-0.15, -0.1) is 0 Å². The Morgan fingerprint density at radius 2 is 1.93 bits per heavy atom. The average Bonchev–Trinajstić information content (AvgIpc) is 2.62. The van der Waals surface area contributed by atoms with Gasteiger partial charge in [0.1, 0.15) is 5.69 Å². The molecule has 0 spiro atoms. The summed E-state index contributed by atoms with van der Waals surface area (Å²) in [5.74, 6) is -0.134. The molecule has 0 aliphatic carbocycles. The van der Waals surface area contributed by atoms with Crippen molar-refractivity contribution >= 4 is 17.4 Å². The minimum Gasteiger partial charge on any atom is -0.415 e. The lowest BCUT2D eigenvalue weighted by Gasteiger charge is -2.47. The first-order chi connectivity index (χ1) is 13.7. The van der Waals surface area contributed by atoms with E-state index in [2.05, 4.69) is 15.0 Å². The number of anilines is 2. The SMILES string of the molecule is Cc1ccc(NC(=O)N(c2ccccc2C(C)C)C2(C)COC2)c(OC(F)F)n1. The molecule has 1 aromatic heterocycles. The third-order valence-electron chi connectivity index (χ3n) is 4.81. The Hall–Kier alpha value is -2.74. The number of nitrogens with zero attached hydrogens (tertiary/aromatic N) is 2. The topological polar surface area (TPSA) is 63.7 Å². The summed E-state index contributed by atoms with van der Waals surface area (Å²) < 4.78 is 35.4. The number of pyridine rings is 1. The van der Waals surface area contributed by atoms with Gasteiger partial charge in [0.2, 0.25) is 5.88 Å². The fraction of sp³-hybridized carbons (Fsp3) is 0.429. The second kappa shape index (κ2) is 8.32. The highest BCUT2D eigenvalue weighted by molar-refractivity contribution is 6.04. The van der Waals surface area contributed by atoms with Crippen LogP contribution in [0.3, 0.4) is 0 Å². The van der Waals surface area contributed by atoms with Gasteiger partial charge in [0.05, 0.1) is 18.8 Å². The molecule has 2 heterocycles. The van der Waals surface area contributed by atoms with Crippen LogP contribution in [-0.2, 0) is 4.74 Å². The van der Waals surface area contributed by atoms with E-state index in [1.165, 1.54) is 6.07 Å². The molecule has 1 aliphatic heterocycles. The summed E-state index contributed by atoms with van der Waals surface area (Å²) in [5.41, 5.74) is 1.78. The Morgan fingerprint density at radius 1 is 1.24 bits per heavy atom. The van der Waals surface area contributed by atoms with E-state index < -0.39 is 18.2 Å². The number of hydrogen-bond donors (Lipinski definition) is 1. The minimum absolute atomic E-state index is 0.0803. The minimum atomic E-state index is -3.05. The van der Waals surface area contributed by atoms with Gasteiger partial charge in [-0.05, 0) is 43.5 Å². The number of rotatable bonds is 6. The van der Waals surface area contributed by atoms with Gasteiger partial charge < -0.3 is 14.8 Å². The standard InChI is InChI=1S/C21H25F2N3O3/c1-13(2)15-7-5-6-8-17(15)26(21(4)11-28-12-21)20(27)25-16-10-9-14(3)24-18(16)29-19(22)23/h5-10,13,19H,11-12H2,1-4H3,(H,25,27). The third kappa shape index (κ3) is 4.48. The highest BCUT2D eigenvalue weighted by Gasteiger charge is 2.44. The third-order valence-corrected chi connectivity index (χ3v) is 4.81. The first-order valence-electron chi connectivity index (χ1n) is 9.41. The van der Waals surface area contributed by atoms with Crippen molar-refractivity contribution in [3.63, 3.8) is 0 Å². The number of aryl methyl sites for hydroxylation is 1. The van der Waals surface area contributed by atoms with Crippen LogP contribution in [0.5, 0.6) is 5.88 Å². The number of ether oxygens (including phenoxy) is 2. The van der Waals surface area contributed by atoms with Crippen molar-refractivity contribution in [3.05, 3.63) is 47.7 Å². The van der Waals surface area contributed by atoms with Crippen molar-refractivity contribution < 1.29 is 23.0 Å². The van der Waals surface area contributed by atoms with Crippen molar-refractivity contribution in [2.45, 2.75) is 45.8 Å². The molecule has 1 aromatic carbocycles. The van der Waals surface area contributed by atoms with Crippen LogP contribution >= 0.6 is 0 Å². The highest BCUT2D eigenvalue weighted by Crippen LogP contribution is 2.36. The zero-order valence-corrected chi connectivity index (χ0v) is 16.9. The van der Waals surface area contributed by atoms with Crippen molar-refractivity contribution in [2.75, 3.05) is 23.4 Å². The summed E-state index contributed by atoms with van der Waals surface area (Å²) in [6.07, 6.45) is 0. The number of nitrogens with one attached hydrogen (secondary N) is 1. The Labute approximate surface area is 168 Å². The van der Waals surface area contributed by atoms with E-state index in [0.717, 1.165) is 11.3 Å². The molecule has 0 radical (unpaired) electrons. The number of urea groups is 1. The molecular formula is C21H25F2N3O3. The lowest BCUT2D eigenvalue weighted by molar-refractivity contribution is -0.0524. The average molecular weight is 405 g/mol. The molecule has 0 unspecified atom stereocenters. The quantitative estimate of drug-likeness (QED) is 0.739. The van der Waals surface area contributed by atoms with E-state index in [0.29, 0.717) is 18.9 Å².